The number of ether oxygens (including phenoxy) is 1. The Morgan fingerprint density at radius 3 is 2.64 bits per heavy atom. The summed E-state index contributed by atoms with van der Waals surface area (Å²) >= 11 is 0. The third kappa shape index (κ3) is 3.28. The lowest BCUT2D eigenvalue weighted by Crippen LogP contribution is -2.38. The molecular weight excluding hydrogens is 344 g/mol. The molecule has 7 nitrogen and oxygen atoms in total. The van der Waals surface area contributed by atoms with Crippen LogP contribution in [0.5, 0.6) is 0 Å². The average Bonchev–Trinajstić information content (AvgIpc) is 3.03. The van der Waals surface area contributed by atoms with Crippen molar-refractivity contribution in [3.63, 3.8) is 0 Å². The van der Waals surface area contributed by atoms with Gasteiger partial charge in [0.15, 0.2) is 0 Å². The van der Waals surface area contributed by atoms with Crippen molar-refractivity contribution in [3.05, 3.63) is 29.8 Å². The quantitative estimate of drug-likeness (QED) is 0.803. The Hall–Kier alpha value is -1.93. The van der Waals surface area contributed by atoms with Crippen molar-refractivity contribution < 1.29 is 22.7 Å². The molecule has 1 saturated heterocycles. The monoisotopic (exact) mass is 366 g/mol. The number of amides is 1. The summed E-state index contributed by atoms with van der Waals surface area (Å²) < 4.78 is 32.2. The number of carbonyl (C=O) groups excluding carboxylic acids is 2. The maximum atomic E-state index is 13.1. The SMILES string of the molecule is COC(=O)c1ccccc1S(=O)(=O)N(C)[C@H]1C[C@H]2CC(=O)NC[C@H]2C1. The highest BCUT2D eigenvalue weighted by Gasteiger charge is 2.43. The third-order valence-corrected chi connectivity index (χ3v) is 7.26. The summed E-state index contributed by atoms with van der Waals surface area (Å²) in [6.07, 6.45) is 1.82. The summed E-state index contributed by atoms with van der Waals surface area (Å²) in [5, 5.41) is 2.85. The minimum Gasteiger partial charge on any atom is -0.465 e. The summed E-state index contributed by atoms with van der Waals surface area (Å²) in [6.45, 7) is 0.604. The van der Waals surface area contributed by atoms with E-state index in [0.717, 1.165) is 0 Å². The van der Waals surface area contributed by atoms with E-state index in [2.05, 4.69) is 5.32 Å². The normalized spacial score (nSPS) is 26.2. The molecule has 1 amide bonds. The molecule has 3 atom stereocenters. The molecule has 1 aromatic carbocycles. The second-order valence-electron chi connectivity index (χ2n) is 6.66. The minimum atomic E-state index is -3.84. The van der Waals surface area contributed by atoms with Gasteiger partial charge in [0, 0.05) is 26.1 Å². The first kappa shape index (κ1) is 17.9. The van der Waals surface area contributed by atoms with E-state index in [4.69, 9.17) is 4.74 Å². The van der Waals surface area contributed by atoms with Gasteiger partial charge in [0.2, 0.25) is 15.9 Å². The molecule has 8 heteroatoms. The van der Waals surface area contributed by atoms with Crippen LogP contribution in [0, 0.1) is 11.8 Å². The predicted octanol–water partition coefficient (Wildman–Crippen LogP) is 1.01. The van der Waals surface area contributed by atoms with Crippen molar-refractivity contribution in [3.8, 4) is 0 Å². The number of benzene rings is 1. The van der Waals surface area contributed by atoms with Crippen LogP contribution in [0.15, 0.2) is 29.2 Å². The number of methoxy groups -OCH3 is 1. The molecule has 1 aliphatic heterocycles. The first-order valence-corrected chi connectivity index (χ1v) is 9.70. The van der Waals surface area contributed by atoms with Crippen molar-refractivity contribution >= 4 is 21.9 Å². The Bertz CT molecular complexity index is 792. The predicted molar refractivity (Wildman–Crippen MR) is 90.4 cm³/mol. The van der Waals surface area contributed by atoms with E-state index in [0.29, 0.717) is 31.7 Å². The highest BCUT2D eigenvalue weighted by molar-refractivity contribution is 7.89. The van der Waals surface area contributed by atoms with Crippen LogP contribution in [0.3, 0.4) is 0 Å². The molecule has 1 saturated carbocycles. The zero-order chi connectivity index (χ0) is 18.2. The van der Waals surface area contributed by atoms with E-state index in [1.54, 1.807) is 19.2 Å². The molecule has 0 radical (unpaired) electrons. The Morgan fingerprint density at radius 1 is 1.24 bits per heavy atom. The molecule has 0 spiro atoms. The van der Waals surface area contributed by atoms with Gasteiger partial charge < -0.3 is 10.1 Å². The van der Waals surface area contributed by atoms with E-state index in [-0.39, 0.29) is 28.3 Å². The summed E-state index contributed by atoms with van der Waals surface area (Å²) in [5.74, 6) is -0.130. The first-order valence-electron chi connectivity index (χ1n) is 8.26. The Balaban J connectivity index is 1.86. The molecule has 1 heterocycles. The van der Waals surface area contributed by atoms with Crippen LogP contribution in [-0.4, -0.2) is 51.3 Å². The Labute approximate surface area is 147 Å². The average molecular weight is 366 g/mol. The lowest BCUT2D eigenvalue weighted by atomic mass is 9.89. The van der Waals surface area contributed by atoms with Crippen molar-refractivity contribution in [2.45, 2.75) is 30.2 Å². The van der Waals surface area contributed by atoms with Crippen LogP contribution in [0.2, 0.25) is 0 Å². The molecule has 2 aliphatic rings. The first-order chi connectivity index (χ1) is 11.8. The summed E-state index contributed by atoms with van der Waals surface area (Å²) in [5.41, 5.74) is 0.0316. The van der Waals surface area contributed by atoms with Crippen molar-refractivity contribution in [2.24, 2.45) is 11.8 Å². The second kappa shape index (κ2) is 6.76. The largest absolute Gasteiger partial charge is 0.465 e. The maximum Gasteiger partial charge on any atom is 0.339 e. The molecule has 1 aliphatic carbocycles. The van der Waals surface area contributed by atoms with Gasteiger partial charge in [-0.05, 0) is 36.8 Å². The number of carbonyl (C=O) groups is 2. The number of hydrogen-bond acceptors (Lipinski definition) is 5. The number of hydrogen-bond donors (Lipinski definition) is 1. The fraction of sp³-hybridized carbons (Fsp3) is 0.529. The molecule has 0 unspecified atom stereocenters. The molecule has 2 fully saturated rings. The number of rotatable bonds is 4. The molecule has 25 heavy (non-hydrogen) atoms. The van der Waals surface area contributed by atoms with Crippen LogP contribution >= 0.6 is 0 Å². The van der Waals surface area contributed by atoms with Crippen LogP contribution in [0.1, 0.15) is 29.6 Å². The van der Waals surface area contributed by atoms with Crippen molar-refractivity contribution in [1.82, 2.24) is 9.62 Å². The van der Waals surface area contributed by atoms with Crippen LogP contribution in [-0.2, 0) is 19.6 Å². The fourth-order valence-corrected chi connectivity index (χ4v) is 5.41. The summed E-state index contributed by atoms with van der Waals surface area (Å²) in [7, 11) is -1.07. The summed E-state index contributed by atoms with van der Waals surface area (Å²) in [4.78, 5) is 23.4. The van der Waals surface area contributed by atoms with Gasteiger partial charge in [-0.25, -0.2) is 13.2 Å². The molecule has 0 aromatic heterocycles. The number of nitrogens with one attached hydrogen (secondary N) is 1. The molecule has 136 valence electrons. The Kier molecular flexibility index (Phi) is 4.83. The van der Waals surface area contributed by atoms with E-state index >= 15 is 0 Å². The topological polar surface area (TPSA) is 92.8 Å². The van der Waals surface area contributed by atoms with Crippen molar-refractivity contribution in [2.75, 3.05) is 20.7 Å². The molecule has 0 bridgehead atoms. The van der Waals surface area contributed by atoms with Gasteiger partial charge in [0.25, 0.3) is 0 Å². The lowest BCUT2D eigenvalue weighted by Gasteiger charge is -2.25. The highest BCUT2D eigenvalue weighted by Crippen LogP contribution is 2.39. The molecule has 1 N–H and O–H groups in total. The van der Waals surface area contributed by atoms with Gasteiger partial charge >= 0.3 is 5.97 Å². The van der Waals surface area contributed by atoms with Gasteiger partial charge in [0.1, 0.15) is 0 Å². The number of fused-ring (bicyclic) bond motifs is 1. The van der Waals surface area contributed by atoms with Crippen molar-refractivity contribution in [1.29, 1.82) is 0 Å². The van der Waals surface area contributed by atoms with Gasteiger partial charge in [-0.15, -0.1) is 0 Å². The number of piperidine rings is 1. The van der Waals surface area contributed by atoms with Crippen LogP contribution < -0.4 is 5.32 Å². The maximum absolute atomic E-state index is 13.1. The number of esters is 1. The summed E-state index contributed by atoms with van der Waals surface area (Å²) in [6, 6.07) is 5.88. The molecular formula is C17H22N2O5S. The zero-order valence-electron chi connectivity index (χ0n) is 14.3. The van der Waals surface area contributed by atoms with Crippen LogP contribution in [0.25, 0.3) is 0 Å². The molecule has 1 aromatic rings. The van der Waals surface area contributed by atoms with Gasteiger partial charge in [-0.2, -0.15) is 4.31 Å². The number of sulfonamides is 1. The third-order valence-electron chi connectivity index (χ3n) is 5.29. The Morgan fingerprint density at radius 2 is 1.92 bits per heavy atom. The highest BCUT2D eigenvalue weighted by atomic mass is 32.2. The lowest BCUT2D eigenvalue weighted by molar-refractivity contribution is -0.124. The second-order valence-corrected chi connectivity index (χ2v) is 8.63. The van der Waals surface area contributed by atoms with Crippen LogP contribution in [0.4, 0.5) is 0 Å². The van der Waals surface area contributed by atoms with Gasteiger partial charge in [-0.1, -0.05) is 12.1 Å². The fourth-order valence-electron chi connectivity index (χ4n) is 3.85. The number of nitrogens with zero attached hydrogens (tertiary/aromatic N) is 1. The van der Waals surface area contributed by atoms with E-state index in [1.165, 1.54) is 23.5 Å². The van der Waals surface area contributed by atoms with Gasteiger partial charge in [0.05, 0.1) is 17.6 Å². The minimum absolute atomic E-state index is 0.0310. The van der Waals surface area contributed by atoms with E-state index < -0.39 is 16.0 Å². The smallest absolute Gasteiger partial charge is 0.339 e. The van der Waals surface area contributed by atoms with E-state index in [1.807, 2.05) is 0 Å². The van der Waals surface area contributed by atoms with Gasteiger partial charge in [-0.3, -0.25) is 4.79 Å². The van der Waals surface area contributed by atoms with E-state index in [9.17, 15) is 18.0 Å². The standard InChI is InChI=1S/C17H22N2O5S/c1-19(13-7-11-9-16(20)18-10-12(11)8-13)25(22,23)15-6-4-3-5-14(15)17(21)24-2/h3-6,11-13H,7-10H2,1-2H3,(H,18,20)/t11-,12+,13-/m0/s1. The zero-order valence-corrected chi connectivity index (χ0v) is 15.1. The molecule has 3 rings (SSSR count).